The molecule has 4 N–H and O–H groups in total. The molecular formula is C21H34N4O4. The Hall–Kier alpha value is -2.19. The monoisotopic (exact) mass is 406 g/mol. The third-order valence-corrected chi connectivity index (χ3v) is 5.34. The number of unbranched alkanes of at least 4 members (excludes halogenated alkanes) is 3. The molecule has 1 aromatic rings. The largest absolute Gasteiger partial charge is 0.464 e. The van der Waals surface area contributed by atoms with Crippen LogP contribution in [0.3, 0.4) is 0 Å². The van der Waals surface area contributed by atoms with Gasteiger partial charge in [0.1, 0.15) is 13.2 Å². The number of rotatable bonds is 12. The van der Waals surface area contributed by atoms with Gasteiger partial charge in [-0.25, -0.2) is 0 Å². The highest BCUT2D eigenvalue weighted by Gasteiger charge is 2.27. The van der Waals surface area contributed by atoms with E-state index in [0.29, 0.717) is 18.7 Å². The molecule has 2 unspecified atom stereocenters. The van der Waals surface area contributed by atoms with E-state index in [0.717, 1.165) is 63.0 Å². The van der Waals surface area contributed by atoms with E-state index in [1.54, 1.807) is 6.07 Å². The maximum Gasteiger partial charge on any atom is 0.302 e. The number of nitrogen functional groups attached to an aromatic ring is 1. The van der Waals surface area contributed by atoms with Crippen LogP contribution in [0.25, 0.3) is 0 Å². The molecule has 8 heteroatoms. The van der Waals surface area contributed by atoms with E-state index in [1.807, 2.05) is 12.1 Å². The lowest BCUT2D eigenvalue weighted by atomic mass is 9.99. The number of hydrogen-bond acceptors (Lipinski definition) is 8. The topological polar surface area (TPSA) is 117 Å². The van der Waals surface area contributed by atoms with Gasteiger partial charge in [-0.2, -0.15) is 4.91 Å². The highest BCUT2D eigenvalue weighted by Crippen LogP contribution is 2.21. The Kier molecular flexibility index (Phi) is 9.87. The number of aliphatic hydroxyl groups excluding tert-OH is 1. The summed E-state index contributed by atoms with van der Waals surface area (Å²) < 4.78 is 5.16. The van der Waals surface area contributed by atoms with Crippen molar-refractivity contribution >= 4 is 17.3 Å². The molecule has 0 saturated carbocycles. The minimum atomic E-state index is -0.300. The molecule has 0 spiro atoms. The van der Waals surface area contributed by atoms with Crippen molar-refractivity contribution in [1.29, 1.82) is 0 Å². The maximum absolute atomic E-state index is 11.1. The summed E-state index contributed by atoms with van der Waals surface area (Å²) in [7, 11) is 0. The Morgan fingerprint density at radius 2 is 2.14 bits per heavy atom. The number of esters is 1. The number of aliphatic hydroxyl groups is 1. The number of ether oxygens (including phenoxy) is 1. The first-order valence-electron chi connectivity index (χ1n) is 10.5. The molecule has 1 fully saturated rings. The van der Waals surface area contributed by atoms with E-state index < -0.39 is 0 Å². The molecule has 162 valence electrons. The van der Waals surface area contributed by atoms with E-state index in [1.165, 1.54) is 6.92 Å². The molecule has 0 aliphatic carbocycles. The highest BCUT2D eigenvalue weighted by molar-refractivity contribution is 5.65. The van der Waals surface area contributed by atoms with Crippen molar-refractivity contribution in [1.82, 2.24) is 4.90 Å². The second-order valence-electron chi connectivity index (χ2n) is 7.72. The molecular weight excluding hydrogens is 372 g/mol. The van der Waals surface area contributed by atoms with Crippen LogP contribution in [0.15, 0.2) is 23.4 Å². The summed E-state index contributed by atoms with van der Waals surface area (Å²) in [6.07, 6.45) is 5.48. The quantitative estimate of drug-likeness (QED) is 0.211. The fourth-order valence-electron chi connectivity index (χ4n) is 3.76. The van der Waals surface area contributed by atoms with E-state index in [-0.39, 0.29) is 24.7 Å². The van der Waals surface area contributed by atoms with Crippen LogP contribution in [0.5, 0.6) is 0 Å². The lowest BCUT2D eigenvalue weighted by Gasteiger charge is -2.37. The van der Waals surface area contributed by atoms with Gasteiger partial charge in [-0.3, -0.25) is 9.69 Å². The van der Waals surface area contributed by atoms with Gasteiger partial charge in [0.2, 0.25) is 0 Å². The predicted octanol–water partition coefficient (Wildman–Crippen LogP) is 2.90. The minimum Gasteiger partial charge on any atom is -0.464 e. The van der Waals surface area contributed by atoms with Gasteiger partial charge in [-0.1, -0.05) is 18.0 Å². The predicted molar refractivity (Wildman–Crippen MR) is 115 cm³/mol. The normalized spacial score (nSPS) is 19.7. The molecule has 1 aromatic carbocycles. The van der Waals surface area contributed by atoms with Crippen molar-refractivity contribution in [3.05, 3.63) is 28.7 Å². The number of benzene rings is 1. The number of hydrogen-bond donors (Lipinski definition) is 3. The van der Waals surface area contributed by atoms with Crippen molar-refractivity contribution in [2.75, 3.05) is 37.3 Å². The second kappa shape index (κ2) is 12.4. The van der Waals surface area contributed by atoms with Crippen molar-refractivity contribution in [3.63, 3.8) is 0 Å². The summed E-state index contributed by atoms with van der Waals surface area (Å²) in [6, 6.07) is 5.60. The summed E-state index contributed by atoms with van der Waals surface area (Å²) in [5, 5.41) is 16.2. The zero-order valence-electron chi connectivity index (χ0n) is 17.3. The average molecular weight is 407 g/mol. The molecule has 1 aliphatic rings. The Morgan fingerprint density at radius 3 is 2.90 bits per heavy atom. The SMILES string of the molecule is CC(=O)OCC1CC(O)CCN1CCCCCCNc1ccc(N)cc1CN=O. The fraction of sp³-hybridized carbons (Fsp3) is 0.667. The van der Waals surface area contributed by atoms with Crippen molar-refractivity contribution in [3.8, 4) is 0 Å². The molecule has 8 nitrogen and oxygen atoms in total. The van der Waals surface area contributed by atoms with E-state index in [4.69, 9.17) is 10.5 Å². The van der Waals surface area contributed by atoms with Crippen LogP contribution in [0.4, 0.5) is 11.4 Å². The summed E-state index contributed by atoms with van der Waals surface area (Å²) in [5.41, 5.74) is 8.14. The van der Waals surface area contributed by atoms with Crippen LogP contribution in [0.1, 0.15) is 51.0 Å². The van der Waals surface area contributed by atoms with Gasteiger partial charge in [0.15, 0.2) is 0 Å². The molecule has 2 rings (SSSR count). The first-order valence-corrected chi connectivity index (χ1v) is 10.5. The number of nitrogens with zero attached hydrogens (tertiary/aromatic N) is 2. The number of anilines is 2. The van der Waals surface area contributed by atoms with E-state index in [2.05, 4.69) is 15.4 Å². The van der Waals surface area contributed by atoms with Crippen LogP contribution in [0, 0.1) is 4.91 Å². The molecule has 0 radical (unpaired) electrons. The van der Waals surface area contributed by atoms with Crippen LogP contribution >= 0.6 is 0 Å². The minimum absolute atomic E-state index is 0.111. The number of carbonyl (C=O) groups is 1. The molecule has 1 heterocycles. The third kappa shape index (κ3) is 8.37. The summed E-state index contributed by atoms with van der Waals surface area (Å²) in [5.74, 6) is -0.273. The number of carbonyl (C=O) groups excluding carboxylic acids is 1. The number of nitroso groups, excluding NO2 is 1. The van der Waals surface area contributed by atoms with Crippen LogP contribution in [0.2, 0.25) is 0 Å². The van der Waals surface area contributed by atoms with Crippen molar-refractivity contribution in [2.45, 2.75) is 64.1 Å². The van der Waals surface area contributed by atoms with Crippen LogP contribution < -0.4 is 11.1 Å². The first-order chi connectivity index (χ1) is 14.0. The number of nitrogens with one attached hydrogen (secondary N) is 1. The molecule has 2 atom stereocenters. The molecule has 1 aliphatic heterocycles. The van der Waals surface area contributed by atoms with Gasteiger partial charge >= 0.3 is 5.97 Å². The maximum atomic E-state index is 11.1. The van der Waals surface area contributed by atoms with E-state index in [9.17, 15) is 14.8 Å². The third-order valence-electron chi connectivity index (χ3n) is 5.34. The van der Waals surface area contributed by atoms with Gasteiger partial charge in [-0.15, -0.1) is 0 Å². The van der Waals surface area contributed by atoms with Gasteiger partial charge in [0.25, 0.3) is 0 Å². The number of piperidine rings is 1. The molecule has 0 amide bonds. The second-order valence-corrected chi connectivity index (χ2v) is 7.72. The molecule has 1 saturated heterocycles. The van der Waals surface area contributed by atoms with Crippen LogP contribution in [-0.2, 0) is 16.1 Å². The van der Waals surface area contributed by atoms with Gasteiger partial charge in [0.05, 0.1) is 6.10 Å². The number of nitrogens with two attached hydrogens (primary N) is 1. The van der Waals surface area contributed by atoms with Crippen molar-refractivity contribution in [2.24, 2.45) is 5.18 Å². The van der Waals surface area contributed by atoms with Gasteiger partial charge in [-0.05, 0) is 50.4 Å². The first kappa shape index (κ1) is 23.1. The number of likely N-dealkylation sites (tertiary alicyclic amines) is 1. The van der Waals surface area contributed by atoms with Gasteiger partial charge in [0, 0.05) is 43.0 Å². The Labute approximate surface area is 172 Å². The van der Waals surface area contributed by atoms with Crippen molar-refractivity contribution < 1.29 is 14.6 Å². The molecule has 29 heavy (non-hydrogen) atoms. The highest BCUT2D eigenvalue weighted by atomic mass is 16.5. The molecule has 0 bridgehead atoms. The van der Waals surface area contributed by atoms with Crippen LogP contribution in [-0.4, -0.2) is 54.4 Å². The lowest BCUT2D eigenvalue weighted by molar-refractivity contribution is -0.143. The lowest BCUT2D eigenvalue weighted by Crippen LogP contribution is -2.47. The smallest absolute Gasteiger partial charge is 0.302 e. The van der Waals surface area contributed by atoms with E-state index >= 15 is 0 Å². The summed E-state index contributed by atoms with van der Waals surface area (Å²) in [6.45, 7) is 4.53. The summed E-state index contributed by atoms with van der Waals surface area (Å²) >= 11 is 0. The van der Waals surface area contributed by atoms with Gasteiger partial charge < -0.3 is 20.9 Å². The summed E-state index contributed by atoms with van der Waals surface area (Å²) in [4.78, 5) is 24.0. The average Bonchev–Trinajstić information content (AvgIpc) is 2.68. The Balaban J connectivity index is 1.64. The Morgan fingerprint density at radius 1 is 1.34 bits per heavy atom. The standard InChI is InChI=1S/C21H34N4O4/c1-16(26)29-15-19-13-20(27)8-11-25(19)10-5-3-2-4-9-23-21-7-6-18(22)12-17(21)14-24-28/h6-7,12,19-20,23,27H,2-5,8-11,13-15,22H2,1H3. The Bertz CT molecular complexity index is 656. The molecule has 0 aromatic heterocycles. The fourth-order valence-corrected chi connectivity index (χ4v) is 3.76. The zero-order chi connectivity index (χ0) is 21.1. The zero-order valence-corrected chi connectivity index (χ0v) is 17.3.